The maximum atomic E-state index is 13.5. The fraction of sp³-hybridized carbons (Fsp3) is 0.567. The third kappa shape index (κ3) is 7.52. The van der Waals surface area contributed by atoms with Crippen LogP contribution in [0.1, 0.15) is 61.9 Å². The highest BCUT2D eigenvalue weighted by molar-refractivity contribution is 7.89. The van der Waals surface area contributed by atoms with E-state index in [0.717, 1.165) is 63.9 Å². The van der Waals surface area contributed by atoms with Crippen LogP contribution in [0.25, 0.3) is 0 Å². The Bertz CT molecular complexity index is 1240. The molecule has 1 amide bonds. The van der Waals surface area contributed by atoms with Gasteiger partial charge in [0.1, 0.15) is 18.1 Å². The number of nitrogens with two attached hydrogens (primary N) is 1. The molecule has 0 aromatic heterocycles. The first-order chi connectivity index (χ1) is 18.6. The van der Waals surface area contributed by atoms with Crippen molar-refractivity contribution in [1.82, 2.24) is 9.80 Å². The number of aryl methyl sites for hydroxylation is 1. The number of primary sulfonamides is 1. The first-order valence-electron chi connectivity index (χ1n) is 14.0. The molecular formula is C30H43N3O5S. The lowest BCUT2D eigenvalue weighted by atomic mass is 9.73. The van der Waals surface area contributed by atoms with Crippen molar-refractivity contribution in [2.75, 3.05) is 46.4 Å². The summed E-state index contributed by atoms with van der Waals surface area (Å²) >= 11 is 0. The average Bonchev–Trinajstić information content (AvgIpc) is 2.90. The lowest BCUT2D eigenvalue weighted by Gasteiger charge is -2.45. The lowest BCUT2D eigenvalue weighted by molar-refractivity contribution is 0.0353. The maximum absolute atomic E-state index is 13.5. The molecule has 2 heterocycles. The summed E-state index contributed by atoms with van der Waals surface area (Å²) in [6, 6.07) is 12.6. The smallest absolute Gasteiger partial charge is 0.257 e. The van der Waals surface area contributed by atoms with Gasteiger partial charge in [0.2, 0.25) is 10.0 Å². The molecule has 1 spiro atoms. The predicted octanol–water partition coefficient (Wildman–Crippen LogP) is 4.33. The van der Waals surface area contributed by atoms with Gasteiger partial charge in [0.15, 0.2) is 0 Å². The van der Waals surface area contributed by atoms with Crippen LogP contribution in [-0.2, 0) is 16.4 Å². The van der Waals surface area contributed by atoms with E-state index in [-0.39, 0.29) is 21.8 Å². The van der Waals surface area contributed by atoms with Crippen LogP contribution in [0.5, 0.6) is 11.5 Å². The molecule has 2 aromatic rings. The van der Waals surface area contributed by atoms with Gasteiger partial charge in [-0.2, -0.15) is 0 Å². The zero-order valence-electron chi connectivity index (χ0n) is 23.5. The molecule has 2 aromatic carbocycles. The second-order valence-corrected chi connectivity index (χ2v) is 13.1. The highest BCUT2D eigenvalue weighted by Crippen LogP contribution is 2.39. The van der Waals surface area contributed by atoms with Crippen molar-refractivity contribution in [3.05, 3.63) is 53.6 Å². The summed E-state index contributed by atoms with van der Waals surface area (Å²) in [7, 11) is -2.46. The molecule has 0 aliphatic carbocycles. The van der Waals surface area contributed by atoms with E-state index in [1.165, 1.54) is 30.9 Å². The van der Waals surface area contributed by atoms with Crippen molar-refractivity contribution in [3.8, 4) is 11.5 Å². The number of carbonyl (C=O) groups is 1. The molecule has 2 N–H and O–H groups in total. The third-order valence-electron chi connectivity index (χ3n) is 8.06. The van der Waals surface area contributed by atoms with Crippen molar-refractivity contribution < 1.29 is 22.7 Å². The van der Waals surface area contributed by atoms with Crippen LogP contribution < -0.4 is 14.6 Å². The fourth-order valence-corrected chi connectivity index (χ4v) is 6.59. The number of piperidine rings is 1. The number of para-hydroxylation sites is 1. The molecule has 8 nitrogen and oxygen atoms in total. The van der Waals surface area contributed by atoms with Crippen LogP contribution in [0.2, 0.25) is 0 Å². The summed E-state index contributed by atoms with van der Waals surface area (Å²) in [6.45, 7) is 9.27. The molecule has 0 atom stereocenters. The summed E-state index contributed by atoms with van der Waals surface area (Å²) in [5.41, 5.74) is 1.63. The van der Waals surface area contributed by atoms with Crippen LogP contribution in [0.15, 0.2) is 47.4 Å². The highest BCUT2D eigenvalue weighted by Gasteiger charge is 2.38. The van der Waals surface area contributed by atoms with Gasteiger partial charge in [0, 0.05) is 32.7 Å². The molecule has 9 heteroatoms. The molecule has 0 saturated carbocycles. The molecule has 1 fully saturated rings. The Morgan fingerprint density at radius 3 is 2.51 bits per heavy atom. The number of rotatable bonds is 5. The van der Waals surface area contributed by atoms with Crippen molar-refractivity contribution in [2.45, 2.75) is 57.3 Å². The zero-order chi connectivity index (χ0) is 28.0. The number of sulfonamides is 1. The van der Waals surface area contributed by atoms with Gasteiger partial charge in [0.05, 0.1) is 17.6 Å². The summed E-state index contributed by atoms with van der Waals surface area (Å²) in [5, 5.41) is 5.33. The van der Waals surface area contributed by atoms with E-state index in [0.29, 0.717) is 31.4 Å². The van der Waals surface area contributed by atoms with Crippen molar-refractivity contribution >= 4 is 15.9 Å². The van der Waals surface area contributed by atoms with E-state index in [9.17, 15) is 13.2 Å². The number of fused-ring (bicyclic) bond motifs is 1. The van der Waals surface area contributed by atoms with Gasteiger partial charge in [-0.15, -0.1) is 0 Å². The molecule has 4 rings (SSSR count). The van der Waals surface area contributed by atoms with E-state index in [1.807, 2.05) is 11.0 Å². The number of methoxy groups -OCH3 is 1. The standard InChI is InChI=1S/C30H43N3O5S/c1-23(2)21-32-18-19-38-27-10-5-4-8-24(27)9-6-7-13-30(22-32)14-16-33(17-15-30)29(34)26-20-25(39(31,35)36)11-12-28(26)37-3/h4-5,8,10-12,20,23H,6-7,9,13-19,21-22H2,1-3H3,(H2,31,35,36). The van der Waals surface area contributed by atoms with Gasteiger partial charge >= 0.3 is 0 Å². The number of carbonyl (C=O) groups excluding carboxylic acids is 1. The minimum absolute atomic E-state index is 0.0902. The van der Waals surface area contributed by atoms with Crippen LogP contribution >= 0.6 is 0 Å². The summed E-state index contributed by atoms with van der Waals surface area (Å²) in [4.78, 5) is 17.8. The summed E-state index contributed by atoms with van der Waals surface area (Å²) in [5.74, 6) is 1.68. The molecule has 2 aliphatic rings. The Labute approximate surface area is 233 Å². The SMILES string of the molecule is COc1ccc(S(N)(=O)=O)cc1C(=O)N1CCC2(CCCCc3ccccc3OCCN(CC(C)C)C2)CC1. The van der Waals surface area contributed by atoms with Gasteiger partial charge in [0.25, 0.3) is 5.91 Å². The number of benzene rings is 2. The second-order valence-electron chi connectivity index (χ2n) is 11.5. The molecule has 0 bridgehead atoms. The first-order valence-corrected chi connectivity index (χ1v) is 15.6. The molecule has 0 radical (unpaired) electrons. The summed E-state index contributed by atoms with van der Waals surface area (Å²) in [6.07, 6.45) is 6.17. The number of likely N-dealkylation sites (tertiary alicyclic amines) is 1. The average molecular weight is 558 g/mol. The van der Waals surface area contributed by atoms with E-state index >= 15 is 0 Å². The Hall–Kier alpha value is -2.62. The number of hydrogen-bond acceptors (Lipinski definition) is 6. The second kappa shape index (κ2) is 12.7. The van der Waals surface area contributed by atoms with Crippen LogP contribution in [-0.4, -0.2) is 70.6 Å². The monoisotopic (exact) mass is 557 g/mol. The van der Waals surface area contributed by atoms with E-state index in [4.69, 9.17) is 14.6 Å². The number of amides is 1. The Morgan fingerprint density at radius 2 is 1.82 bits per heavy atom. The van der Waals surface area contributed by atoms with Gasteiger partial charge in [-0.1, -0.05) is 38.5 Å². The Morgan fingerprint density at radius 1 is 1.08 bits per heavy atom. The first kappa shape index (κ1) is 29.4. The minimum atomic E-state index is -3.93. The van der Waals surface area contributed by atoms with E-state index in [1.54, 1.807) is 0 Å². The zero-order valence-corrected chi connectivity index (χ0v) is 24.3. The van der Waals surface area contributed by atoms with Crippen LogP contribution in [0, 0.1) is 11.3 Å². The summed E-state index contributed by atoms with van der Waals surface area (Å²) < 4.78 is 35.5. The van der Waals surface area contributed by atoms with Crippen molar-refractivity contribution in [1.29, 1.82) is 0 Å². The number of hydrogen-bond donors (Lipinski definition) is 1. The largest absolute Gasteiger partial charge is 0.496 e. The molecule has 39 heavy (non-hydrogen) atoms. The highest BCUT2D eigenvalue weighted by atomic mass is 32.2. The maximum Gasteiger partial charge on any atom is 0.257 e. The van der Waals surface area contributed by atoms with Gasteiger partial charge in [-0.05, 0) is 73.3 Å². The molecule has 2 aliphatic heterocycles. The van der Waals surface area contributed by atoms with Crippen molar-refractivity contribution in [2.24, 2.45) is 16.5 Å². The Kier molecular flexibility index (Phi) is 9.56. The van der Waals surface area contributed by atoms with Gasteiger partial charge < -0.3 is 14.4 Å². The van der Waals surface area contributed by atoms with Gasteiger partial charge in [-0.25, -0.2) is 13.6 Å². The van der Waals surface area contributed by atoms with E-state index in [2.05, 4.69) is 36.9 Å². The van der Waals surface area contributed by atoms with Crippen molar-refractivity contribution in [3.63, 3.8) is 0 Å². The van der Waals surface area contributed by atoms with E-state index < -0.39 is 10.0 Å². The topological polar surface area (TPSA) is 102 Å². The molecule has 0 unspecified atom stereocenters. The third-order valence-corrected chi connectivity index (χ3v) is 8.98. The minimum Gasteiger partial charge on any atom is -0.496 e. The predicted molar refractivity (Wildman–Crippen MR) is 153 cm³/mol. The van der Waals surface area contributed by atoms with Crippen LogP contribution in [0.4, 0.5) is 0 Å². The molecular weight excluding hydrogens is 514 g/mol. The number of nitrogens with zero attached hydrogens (tertiary/aromatic N) is 2. The molecule has 1 saturated heterocycles. The molecule has 214 valence electrons. The van der Waals surface area contributed by atoms with Gasteiger partial charge in [-0.3, -0.25) is 9.69 Å². The Balaban J connectivity index is 1.51. The number of ether oxygens (including phenoxy) is 2. The van der Waals surface area contributed by atoms with Crippen LogP contribution in [0.3, 0.4) is 0 Å². The normalized spacial score (nSPS) is 19.1. The quantitative estimate of drug-likeness (QED) is 0.587. The lowest BCUT2D eigenvalue weighted by Crippen LogP contribution is -2.49. The fourth-order valence-electron chi connectivity index (χ4n) is 6.05.